The average Bonchev–Trinajstić information content (AvgIpc) is 2.66. The van der Waals surface area contributed by atoms with Crippen molar-refractivity contribution in [1.82, 2.24) is 4.90 Å². The topological polar surface area (TPSA) is 20.3 Å². The van der Waals surface area contributed by atoms with Crippen LogP contribution >= 0.6 is 0 Å². The predicted octanol–water partition coefficient (Wildman–Crippen LogP) is 3.14. The largest absolute Gasteiger partial charge is 0.293 e. The Labute approximate surface area is 115 Å². The van der Waals surface area contributed by atoms with Crippen molar-refractivity contribution in [3.05, 3.63) is 41.5 Å². The van der Waals surface area contributed by atoms with Crippen LogP contribution in [0.2, 0.25) is 0 Å². The summed E-state index contributed by atoms with van der Waals surface area (Å²) in [6.07, 6.45) is 5.23. The maximum Gasteiger partial charge on any atom is 0.176 e. The Morgan fingerprint density at radius 2 is 2.05 bits per heavy atom. The first-order chi connectivity index (χ1) is 9.20. The van der Waals surface area contributed by atoms with Crippen molar-refractivity contribution in [2.24, 2.45) is 5.92 Å². The van der Waals surface area contributed by atoms with E-state index in [1.54, 1.807) is 0 Å². The molecule has 0 aromatic heterocycles. The molecule has 0 radical (unpaired) electrons. The van der Waals surface area contributed by atoms with Crippen molar-refractivity contribution in [2.45, 2.75) is 38.3 Å². The normalized spacial score (nSPS) is 33.1. The van der Waals surface area contributed by atoms with Gasteiger partial charge in [-0.1, -0.05) is 43.7 Å². The fraction of sp³-hybridized carbons (Fsp3) is 0.471. The molecule has 2 fully saturated rings. The second kappa shape index (κ2) is 4.93. The first-order valence-corrected chi connectivity index (χ1v) is 7.22. The molecule has 2 bridgehead atoms. The zero-order chi connectivity index (χ0) is 13.4. The number of fused-ring (bicyclic) bond motifs is 2. The lowest BCUT2D eigenvalue weighted by atomic mass is 9.91. The molecule has 2 aliphatic heterocycles. The predicted molar refractivity (Wildman–Crippen MR) is 77.8 cm³/mol. The van der Waals surface area contributed by atoms with Gasteiger partial charge in [0.2, 0.25) is 0 Å². The molecule has 1 aromatic rings. The van der Waals surface area contributed by atoms with Gasteiger partial charge in [0.05, 0.1) is 6.04 Å². The maximum absolute atomic E-state index is 12.5. The number of ketones is 1. The number of likely N-dealkylation sites (N-methyl/N-ethyl adjacent to an activating group) is 1. The van der Waals surface area contributed by atoms with Crippen molar-refractivity contribution in [3.63, 3.8) is 0 Å². The van der Waals surface area contributed by atoms with Gasteiger partial charge in [-0.15, -0.1) is 0 Å². The molecule has 0 spiro atoms. The van der Waals surface area contributed by atoms with Gasteiger partial charge in [0.25, 0.3) is 0 Å². The van der Waals surface area contributed by atoms with Gasteiger partial charge in [-0.25, -0.2) is 0 Å². The minimum absolute atomic E-state index is 0.124. The van der Waals surface area contributed by atoms with E-state index in [0.29, 0.717) is 17.7 Å². The van der Waals surface area contributed by atoms with Crippen LogP contribution in [0.25, 0.3) is 6.08 Å². The summed E-state index contributed by atoms with van der Waals surface area (Å²) >= 11 is 0. The highest BCUT2D eigenvalue weighted by Gasteiger charge is 2.46. The number of carbonyl (C=O) groups excluding carboxylic acids is 1. The Kier molecular flexibility index (Phi) is 3.28. The number of hydrogen-bond acceptors (Lipinski definition) is 2. The number of rotatable bonds is 2. The van der Waals surface area contributed by atoms with Crippen molar-refractivity contribution < 1.29 is 4.79 Å². The van der Waals surface area contributed by atoms with Crippen LogP contribution in [0.15, 0.2) is 35.9 Å². The summed E-state index contributed by atoms with van der Waals surface area (Å²) in [5.74, 6) is 1.03. The second-order valence-corrected chi connectivity index (χ2v) is 5.80. The molecule has 2 saturated heterocycles. The van der Waals surface area contributed by atoms with E-state index < -0.39 is 0 Å². The van der Waals surface area contributed by atoms with Crippen LogP contribution in [0.4, 0.5) is 0 Å². The van der Waals surface area contributed by atoms with Crippen molar-refractivity contribution >= 4 is 11.9 Å². The second-order valence-electron chi connectivity index (χ2n) is 5.80. The summed E-state index contributed by atoms with van der Waals surface area (Å²) in [4.78, 5) is 14.9. The Morgan fingerprint density at radius 1 is 1.32 bits per heavy atom. The van der Waals surface area contributed by atoms with Gasteiger partial charge in [0.15, 0.2) is 5.78 Å². The third-order valence-corrected chi connectivity index (χ3v) is 4.80. The lowest BCUT2D eigenvalue weighted by Crippen LogP contribution is -2.44. The monoisotopic (exact) mass is 255 g/mol. The molecule has 0 aliphatic carbocycles. The molecule has 2 heterocycles. The SMILES string of the molecule is CC[C@@H]1C[C@@H]2C(=O)/C(=C/c3ccccc3)C[C@H]1N2C. The summed E-state index contributed by atoms with van der Waals surface area (Å²) in [5.41, 5.74) is 2.16. The summed E-state index contributed by atoms with van der Waals surface area (Å²) in [7, 11) is 2.11. The molecule has 100 valence electrons. The van der Waals surface area contributed by atoms with Gasteiger partial charge >= 0.3 is 0 Å². The Hall–Kier alpha value is -1.41. The van der Waals surface area contributed by atoms with E-state index in [2.05, 4.69) is 37.1 Å². The minimum Gasteiger partial charge on any atom is -0.293 e. The van der Waals surface area contributed by atoms with Crippen LogP contribution in [-0.4, -0.2) is 29.8 Å². The highest BCUT2D eigenvalue weighted by Crippen LogP contribution is 2.40. The zero-order valence-corrected chi connectivity index (χ0v) is 11.7. The number of carbonyl (C=O) groups is 1. The van der Waals surface area contributed by atoms with Crippen LogP contribution in [0.1, 0.15) is 31.7 Å². The van der Waals surface area contributed by atoms with Crippen molar-refractivity contribution in [3.8, 4) is 0 Å². The van der Waals surface area contributed by atoms with Crippen LogP contribution in [0.3, 0.4) is 0 Å². The van der Waals surface area contributed by atoms with E-state index >= 15 is 0 Å². The maximum atomic E-state index is 12.5. The standard InChI is InChI=1S/C17H21NO/c1-3-13-10-16-17(19)14(11-15(13)18(16)2)9-12-7-5-4-6-8-12/h4-9,13,15-16H,3,10-11H2,1-2H3/b14-9+/t13-,15-,16-/m1/s1. The van der Waals surface area contributed by atoms with E-state index in [9.17, 15) is 4.79 Å². The number of benzene rings is 1. The van der Waals surface area contributed by atoms with Gasteiger partial charge < -0.3 is 0 Å². The zero-order valence-electron chi connectivity index (χ0n) is 11.7. The van der Waals surface area contributed by atoms with Gasteiger partial charge in [0, 0.05) is 6.04 Å². The third kappa shape index (κ3) is 2.14. The first-order valence-electron chi connectivity index (χ1n) is 7.22. The molecule has 2 nitrogen and oxygen atoms in total. The van der Waals surface area contributed by atoms with Crippen LogP contribution in [0, 0.1) is 5.92 Å². The Balaban J connectivity index is 1.90. The fourth-order valence-electron chi connectivity index (χ4n) is 3.64. The Bertz CT molecular complexity index is 505. The molecule has 3 atom stereocenters. The Morgan fingerprint density at radius 3 is 2.74 bits per heavy atom. The smallest absolute Gasteiger partial charge is 0.176 e. The van der Waals surface area contributed by atoms with Crippen LogP contribution in [-0.2, 0) is 4.79 Å². The summed E-state index contributed by atoms with van der Waals surface area (Å²) < 4.78 is 0. The van der Waals surface area contributed by atoms with E-state index in [-0.39, 0.29) is 6.04 Å². The van der Waals surface area contributed by atoms with Gasteiger partial charge in [-0.2, -0.15) is 0 Å². The highest BCUT2D eigenvalue weighted by molar-refractivity contribution is 6.04. The lowest BCUT2D eigenvalue weighted by molar-refractivity contribution is -0.121. The van der Waals surface area contributed by atoms with Crippen molar-refractivity contribution in [2.75, 3.05) is 7.05 Å². The van der Waals surface area contributed by atoms with Gasteiger partial charge in [0.1, 0.15) is 0 Å². The minimum atomic E-state index is 0.124. The first kappa shape index (κ1) is 12.6. The molecule has 2 heteroatoms. The van der Waals surface area contributed by atoms with E-state index in [0.717, 1.165) is 24.0 Å². The molecule has 0 saturated carbocycles. The molecule has 1 aromatic carbocycles. The molecule has 0 amide bonds. The lowest BCUT2D eigenvalue weighted by Gasteiger charge is -2.32. The average molecular weight is 255 g/mol. The summed E-state index contributed by atoms with van der Waals surface area (Å²) in [5, 5.41) is 0. The molecule has 3 rings (SSSR count). The molecule has 2 aliphatic rings. The summed E-state index contributed by atoms with van der Waals surface area (Å²) in [6, 6.07) is 10.9. The molecule has 0 N–H and O–H groups in total. The van der Waals surface area contributed by atoms with Gasteiger partial charge in [-0.3, -0.25) is 9.69 Å². The fourth-order valence-corrected chi connectivity index (χ4v) is 3.64. The quantitative estimate of drug-likeness (QED) is 0.757. The van der Waals surface area contributed by atoms with Crippen molar-refractivity contribution in [1.29, 1.82) is 0 Å². The van der Waals surface area contributed by atoms with Crippen LogP contribution in [0.5, 0.6) is 0 Å². The number of Topliss-reactive ketones (excluding diaryl/α,β-unsaturated/α-hetero) is 1. The van der Waals surface area contributed by atoms with E-state index in [4.69, 9.17) is 0 Å². The molecule has 19 heavy (non-hydrogen) atoms. The van der Waals surface area contributed by atoms with Gasteiger partial charge in [-0.05, 0) is 43.0 Å². The molecule has 0 unspecified atom stereocenters. The molecular weight excluding hydrogens is 234 g/mol. The summed E-state index contributed by atoms with van der Waals surface area (Å²) in [6.45, 7) is 2.24. The van der Waals surface area contributed by atoms with Crippen LogP contribution < -0.4 is 0 Å². The number of piperidine rings is 1. The van der Waals surface area contributed by atoms with E-state index in [1.165, 1.54) is 6.42 Å². The highest BCUT2D eigenvalue weighted by atomic mass is 16.1. The van der Waals surface area contributed by atoms with E-state index in [1.807, 2.05) is 18.2 Å². The number of hydrogen-bond donors (Lipinski definition) is 0. The molecular formula is C17H21NO. The number of nitrogens with zero attached hydrogens (tertiary/aromatic N) is 1. The third-order valence-electron chi connectivity index (χ3n) is 4.80.